The molecular formula is C14H28N2O. The van der Waals surface area contributed by atoms with Crippen LogP contribution in [0.4, 0.5) is 4.79 Å². The summed E-state index contributed by atoms with van der Waals surface area (Å²) in [4.78, 5) is 11.8. The molecule has 2 amide bonds. The second-order valence-corrected chi connectivity index (χ2v) is 5.23. The summed E-state index contributed by atoms with van der Waals surface area (Å²) in [7, 11) is 0. The normalized spacial score (nSPS) is 18.0. The zero-order valence-electron chi connectivity index (χ0n) is 11.4. The van der Waals surface area contributed by atoms with Crippen LogP contribution in [0.2, 0.25) is 0 Å². The number of rotatable bonds is 7. The highest BCUT2D eigenvalue weighted by Crippen LogP contribution is 2.17. The molecule has 3 nitrogen and oxygen atoms in total. The van der Waals surface area contributed by atoms with Gasteiger partial charge >= 0.3 is 6.03 Å². The molecule has 0 radical (unpaired) electrons. The van der Waals surface area contributed by atoms with E-state index in [1.807, 2.05) is 0 Å². The van der Waals surface area contributed by atoms with Gasteiger partial charge in [0.2, 0.25) is 0 Å². The van der Waals surface area contributed by atoms with Crippen LogP contribution >= 0.6 is 0 Å². The van der Waals surface area contributed by atoms with Crippen LogP contribution in [-0.2, 0) is 0 Å². The zero-order chi connectivity index (χ0) is 12.5. The van der Waals surface area contributed by atoms with Gasteiger partial charge in [-0.3, -0.25) is 0 Å². The van der Waals surface area contributed by atoms with Gasteiger partial charge in [0.15, 0.2) is 0 Å². The fraction of sp³-hybridized carbons (Fsp3) is 0.929. The van der Waals surface area contributed by atoms with Crippen LogP contribution in [-0.4, -0.2) is 18.1 Å². The highest BCUT2D eigenvalue weighted by atomic mass is 16.2. The van der Waals surface area contributed by atoms with Crippen molar-refractivity contribution in [2.24, 2.45) is 0 Å². The zero-order valence-corrected chi connectivity index (χ0v) is 11.4. The first kappa shape index (κ1) is 14.3. The van der Waals surface area contributed by atoms with E-state index in [-0.39, 0.29) is 6.03 Å². The first-order valence-corrected chi connectivity index (χ1v) is 7.33. The Bertz CT molecular complexity index is 212. The maximum absolute atomic E-state index is 11.8. The minimum Gasteiger partial charge on any atom is -0.335 e. The first-order valence-electron chi connectivity index (χ1n) is 7.33. The van der Waals surface area contributed by atoms with E-state index in [1.54, 1.807) is 0 Å². The predicted octanol–water partition coefficient (Wildman–Crippen LogP) is 3.59. The smallest absolute Gasteiger partial charge is 0.315 e. The first-order chi connectivity index (χ1) is 8.26. The Morgan fingerprint density at radius 3 is 2.47 bits per heavy atom. The summed E-state index contributed by atoms with van der Waals surface area (Å²) in [5.41, 5.74) is 0. The van der Waals surface area contributed by atoms with Crippen molar-refractivity contribution in [1.29, 1.82) is 0 Å². The monoisotopic (exact) mass is 240 g/mol. The second-order valence-electron chi connectivity index (χ2n) is 5.23. The number of hydrogen-bond donors (Lipinski definition) is 2. The Morgan fingerprint density at radius 1 is 1.18 bits per heavy atom. The van der Waals surface area contributed by atoms with Gasteiger partial charge in [-0.1, -0.05) is 46.0 Å². The topological polar surface area (TPSA) is 41.1 Å². The van der Waals surface area contributed by atoms with E-state index in [0.29, 0.717) is 12.1 Å². The largest absolute Gasteiger partial charge is 0.335 e. The van der Waals surface area contributed by atoms with Crippen LogP contribution in [0.1, 0.15) is 71.6 Å². The van der Waals surface area contributed by atoms with Crippen LogP contribution in [0.25, 0.3) is 0 Å². The Hall–Kier alpha value is -0.730. The summed E-state index contributed by atoms with van der Waals surface area (Å²) in [5, 5.41) is 6.22. The lowest BCUT2D eigenvalue weighted by Crippen LogP contribution is -2.45. The Labute approximate surface area is 106 Å². The molecule has 1 atom stereocenters. The lowest BCUT2D eigenvalue weighted by atomic mass is 10.1. The molecular weight excluding hydrogens is 212 g/mol. The lowest BCUT2D eigenvalue weighted by molar-refractivity contribution is 0.231. The average molecular weight is 240 g/mol. The van der Waals surface area contributed by atoms with E-state index in [4.69, 9.17) is 0 Å². The van der Waals surface area contributed by atoms with Crippen molar-refractivity contribution in [2.45, 2.75) is 83.7 Å². The van der Waals surface area contributed by atoms with Crippen LogP contribution < -0.4 is 10.6 Å². The molecule has 2 N–H and O–H groups in total. The standard InChI is InChI=1S/C14H28N2O/c1-3-5-9-12(8-4-2)15-14(17)16-13-10-6-7-11-13/h12-13H,3-11H2,1-2H3,(H2,15,16,17). The lowest BCUT2D eigenvalue weighted by Gasteiger charge is -2.20. The number of nitrogens with one attached hydrogen (secondary N) is 2. The molecule has 1 aliphatic rings. The van der Waals surface area contributed by atoms with Gasteiger partial charge in [-0.15, -0.1) is 0 Å². The van der Waals surface area contributed by atoms with Gasteiger partial charge in [-0.2, -0.15) is 0 Å². The molecule has 1 fully saturated rings. The van der Waals surface area contributed by atoms with Gasteiger partial charge in [0.25, 0.3) is 0 Å². The van der Waals surface area contributed by atoms with Gasteiger partial charge in [0, 0.05) is 12.1 Å². The molecule has 0 aromatic heterocycles. The van der Waals surface area contributed by atoms with Crippen LogP contribution in [0, 0.1) is 0 Å². The SMILES string of the molecule is CCCCC(CCC)NC(=O)NC1CCCC1. The molecule has 1 saturated carbocycles. The third-order valence-electron chi connectivity index (χ3n) is 3.57. The van der Waals surface area contributed by atoms with Crippen molar-refractivity contribution < 1.29 is 4.79 Å². The molecule has 3 heteroatoms. The van der Waals surface area contributed by atoms with Crippen LogP contribution in [0.3, 0.4) is 0 Å². The third kappa shape index (κ3) is 5.94. The summed E-state index contributed by atoms with van der Waals surface area (Å²) >= 11 is 0. The van der Waals surface area contributed by atoms with Gasteiger partial charge in [0.05, 0.1) is 0 Å². The van der Waals surface area contributed by atoms with Crippen LogP contribution in [0.15, 0.2) is 0 Å². The Balaban J connectivity index is 2.23. The number of hydrogen-bond acceptors (Lipinski definition) is 1. The maximum Gasteiger partial charge on any atom is 0.315 e. The summed E-state index contributed by atoms with van der Waals surface area (Å²) < 4.78 is 0. The van der Waals surface area contributed by atoms with Gasteiger partial charge in [-0.25, -0.2) is 4.79 Å². The summed E-state index contributed by atoms with van der Waals surface area (Å²) in [5.74, 6) is 0. The molecule has 0 saturated heterocycles. The van der Waals surface area contributed by atoms with Crippen molar-refractivity contribution in [3.63, 3.8) is 0 Å². The molecule has 100 valence electrons. The summed E-state index contributed by atoms with van der Waals surface area (Å²) in [6, 6.07) is 0.830. The number of amides is 2. The average Bonchev–Trinajstić information content (AvgIpc) is 2.78. The van der Waals surface area contributed by atoms with Crippen LogP contribution in [0.5, 0.6) is 0 Å². The number of carbonyl (C=O) groups is 1. The van der Waals surface area contributed by atoms with Crippen molar-refractivity contribution in [3.8, 4) is 0 Å². The minimum atomic E-state index is 0.0476. The van der Waals surface area contributed by atoms with Crippen molar-refractivity contribution >= 4 is 6.03 Å². The molecule has 17 heavy (non-hydrogen) atoms. The molecule has 1 aliphatic carbocycles. The van der Waals surface area contributed by atoms with E-state index in [9.17, 15) is 4.79 Å². The Morgan fingerprint density at radius 2 is 1.88 bits per heavy atom. The van der Waals surface area contributed by atoms with Gasteiger partial charge < -0.3 is 10.6 Å². The summed E-state index contributed by atoms with van der Waals surface area (Å²) in [6.45, 7) is 4.37. The minimum absolute atomic E-state index is 0.0476. The fourth-order valence-electron chi connectivity index (χ4n) is 2.57. The van der Waals surface area contributed by atoms with Gasteiger partial charge in [0.1, 0.15) is 0 Å². The number of unbranched alkanes of at least 4 members (excludes halogenated alkanes) is 1. The van der Waals surface area contributed by atoms with Crippen molar-refractivity contribution in [1.82, 2.24) is 10.6 Å². The molecule has 0 spiro atoms. The maximum atomic E-state index is 11.8. The van der Waals surface area contributed by atoms with E-state index in [1.165, 1.54) is 25.7 Å². The second kappa shape index (κ2) is 8.37. The molecule has 0 aliphatic heterocycles. The molecule has 0 aromatic carbocycles. The molecule has 0 bridgehead atoms. The van der Waals surface area contributed by atoms with E-state index in [2.05, 4.69) is 24.5 Å². The fourth-order valence-corrected chi connectivity index (χ4v) is 2.57. The van der Waals surface area contributed by atoms with Crippen molar-refractivity contribution in [2.75, 3.05) is 0 Å². The highest BCUT2D eigenvalue weighted by Gasteiger charge is 2.18. The number of urea groups is 1. The third-order valence-corrected chi connectivity index (χ3v) is 3.57. The Kier molecular flexibility index (Phi) is 7.06. The van der Waals surface area contributed by atoms with E-state index in [0.717, 1.165) is 32.1 Å². The molecule has 1 unspecified atom stereocenters. The molecule has 0 aromatic rings. The predicted molar refractivity (Wildman–Crippen MR) is 72.1 cm³/mol. The summed E-state index contributed by atoms with van der Waals surface area (Å²) in [6.07, 6.45) is 10.6. The molecule has 1 rings (SSSR count). The van der Waals surface area contributed by atoms with E-state index < -0.39 is 0 Å². The number of carbonyl (C=O) groups excluding carboxylic acids is 1. The quantitative estimate of drug-likeness (QED) is 0.701. The van der Waals surface area contributed by atoms with Gasteiger partial charge in [-0.05, 0) is 25.7 Å². The van der Waals surface area contributed by atoms with E-state index >= 15 is 0 Å². The highest BCUT2D eigenvalue weighted by molar-refractivity contribution is 5.74. The molecule has 0 heterocycles. The van der Waals surface area contributed by atoms with Crippen molar-refractivity contribution in [3.05, 3.63) is 0 Å².